The Morgan fingerprint density at radius 1 is 0.435 bits per heavy atom. The van der Waals surface area contributed by atoms with Gasteiger partial charge in [0, 0.05) is 30.4 Å². The van der Waals surface area contributed by atoms with Crippen LogP contribution in [0.4, 0.5) is 0 Å². The van der Waals surface area contributed by atoms with E-state index in [4.69, 9.17) is 4.98 Å². The first kappa shape index (κ1) is 47.2. The van der Waals surface area contributed by atoms with Crippen LogP contribution < -0.4 is 0 Å². The van der Waals surface area contributed by atoms with Gasteiger partial charge < -0.3 is 15.0 Å². The van der Waals surface area contributed by atoms with Crippen LogP contribution >= 0.6 is 0 Å². The zero-order valence-corrected chi connectivity index (χ0v) is 38.8. The van der Waals surface area contributed by atoms with Gasteiger partial charge in [-0.2, -0.15) is 0 Å². The smallest absolute Gasteiger partial charge is 0.305 e. The fourth-order valence-electron chi connectivity index (χ4n) is 7.06. The van der Waals surface area contributed by atoms with Gasteiger partial charge in [-0.15, -0.1) is 107 Å². The van der Waals surface area contributed by atoms with E-state index in [0.29, 0.717) is 0 Å². The van der Waals surface area contributed by atoms with Gasteiger partial charge in [0.05, 0.1) is 5.69 Å². The summed E-state index contributed by atoms with van der Waals surface area (Å²) in [5.41, 5.74) is 14.7. The number of nitrogens with zero attached hydrogens (tertiary/aromatic N) is 4. The number of benzene rings is 4. The molecule has 4 aromatic heterocycles. The molecule has 5 heteroatoms. The van der Waals surface area contributed by atoms with Gasteiger partial charge in [0.15, 0.2) is 0 Å². The van der Waals surface area contributed by atoms with E-state index in [1.54, 1.807) is 12.4 Å². The van der Waals surface area contributed by atoms with E-state index in [9.17, 15) is 0 Å². The molecule has 0 bridgehead atoms. The topological polar surface area (TPSA) is 51.6 Å². The number of unbranched alkanes of at least 4 members (excludes halogenated alkanes) is 6. The molecule has 8 aromatic rings. The van der Waals surface area contributed by atoms with Gasteiger partial charge in [0.2, 0.25) is 0 Å². The summed E-state index contributed by atoms with van der Waals surface area (Å²) in [5, 5.41) is 0. The maximum atomic E-state index is 4.87. The molecular weight excluding hydrogens is 933 g/mol. The zero-order chi connectivity index (χ0) is 42.3. The summed E-state index contributed by atoms with van der Waals surface area (Å²) in [7, 11) is 0. The number of hydrogen-bond acceptors (Lipinski definition) is 4. The van der Waals surface area contributed by atoms with Crippen molar-refractivity contribution in [2.24, 2.45) is 0 Å². The first-order chi connectivity index (χ1) is 30.1. The Morgan fingerprint density at radius 3 is 1.56 bits per heavy atom. The van der Waals surface area contributed by atoms with E-state index in [-0.39, 0.29) is 20.1 Å². The molecule has 4 heterocycles. The monoisotopic (exact) mass is 990 g/mol. The van der Waals surface area contributed by atoms with Crippen molar-refractivity contribution in [3.05, 3.63) is 205 Å². The van der Waals surface area contributed by atoms with Gasteiger partial charge >= 0.3 is 20.1 Å². The standard InChI is InChI=1S/C35H41N2.2C11H8N.Ir/c1-4-6-8-10-13-28-14-12-16-30(23-28)35-22-19-32(26-37-35)33-20-18-31(34-21-17-27(3)25-36-34)24-29(33)15-11-9-7-5-2;2*1-2-6-10(7-3-1)11-8-4-5-9-12-11;/h12,14,17-26H,4-11,13,15H2,1-3H3;2*1-6,8-9H;/q3*-1;+3. The Kier molecular flexibility index (Phi) is 20.1. The summed E-state index contributed by atoms with van der Waals surface area (Å²) in [4.78, 5) is 18.0. The van der Waals surface area contributed by atoms with E-state index in [1.165, 1.54) is 84.7 Å². The van der Waals surface area contributed by atoms with Crippen LogP contribution in [-0.2, 0) is 32.9 Å². The van der Waals surface area contributed by atoms with E-state index in [0.717, 1.165) is 52.3 Å². The number of pyridine rings is 4. The molecule has 0 N–H and O–H groups in total. The average Bonchev–Trinajstić information content (AvgIpc) is 3.34. The maximum absolute atomic E-state index is 4.87. The molecule has 0 spiro atoms. The summed E-state index contributed by atoms with van der Waals surface area (Å²) in [6.07, 6.45) is 19.9. The third-order valence-electron chi connectivity index (χ3n) is 10.4. The fraction of sp³-hybridized carbons (Fsp3) is 0.228. The Morgan fingerprint density at radius 2 is 1.02 bits per heavy atom. The molecule has 0 radical (unpaired) electrons. The van der Waals surface area contributed by atoms with Gasteiger partial charge in [-0.3, -0.25) is 4.98 Å². The van der Waals surface area contributed by atoms with Crippen molar-refractivity contribution in [1.29, 1.82) is 0 Å². The quantitative estimate of drug-likeness (QED) is 0.0759. The minimum absolute atomic E-state index is 0. The van der Waals surface area contributed by atoms with Crippen molar-refractivity contribution in [1.82, 2.24) is 19.9 Å². The van der Waals surface area contributed by atoms with Crippen LogP contribution in [0.15, 0.2) is 170 Å². The summed E-state index contributed by atoms with van der Waals surface area (Å²) < 4.78 is 0. The van der Waals surface area contributed by atoms with Crippen molar-refractivity contribution in [3.63, 3.8) is 0 Å². The Hall–Kier alpha value is -5.87. The molecular formula is C57H57IrN4. The first-order valence-electron chi connectivity index (χ1n) is 21.9. The molecule has 0 aliphatic carbocycles. The summed E-state index contributed by atoms with van der Waals surface area (Å²) in [6.45, 7) is 6.61. The van der Waals surface area contributed by atoms with E-state index >= 15 is 0 Å². The molecule has 8 rings (SSSR count). The summed E-state index contributed by atoms with van der Waals surface area (Å²) in [5.74, 6) is 0. The van der Waals surface area contributed by atoms with Crippen molar-refractivity contribution < 1.29 is 20.1 Å². The largest absolute Gasteiger partial charge is 3.00 e. The van der Waals surface area contributed by atoms with Gasteiger partial charge in [-0.1, -0.05) is 113 Å². The molecule has 0 amide bonds. The SMILES string of the molecule is CCCCCCc1cc[c-]c(-c2ccc(-c3ccc(-c4ccc(C)cn4)cc3CCCCCC)cn2)c1.[Ir+3].[c-]1ccccc1-c1ccccn1.[c-]1ccccc1-c1ccccn1. The number of aromatic nitrogens is 4. The predicted molar refractivity (Wildman–Crippen MR) is 255 cm³/mol. The van der Waals surface area contributed by atoms with Crippen molar-refractivity contribution in [2.45, 2.75) is 85.0 Å². The normalized spacial score (nSPS) is 10.4. The maximum Gasteiger partial charge on any atom is 3.00 e. The van der Waals surface area contributed by atoms with Crippen molar-refractivity contribution in [3.8, 4) is 56.2 Å². The van der Waals surface area contributed by atoms with Gasteiger partial charge in [0.25, 0.3) is 0 Å². The predicted octanol–water partition coefficient (Wildman–Crippen LogP) is 14.9. The molecule has 62 heavy (non-hydrogen) atoms. The number of hydrogen-bond donors (Lipinski definition) is 0. The van der Waals surface area contributed by atoms with Crippen LogP contribution in [0.1, 0.15) is 81.9 Å². The second-order valence-electron chi connectivity index (χ2n) is 15.2. The third-order valence-corrected chi connectivity index (χ3v) is 10.4. The average molecular weight is 990 g/mol. The van der Waals surface area contributed by atoms with Crippen LogP contribution in [0.3, 0.4) is 0 Å². The molecule has 0 saturated heterocycles. The second-order valence-corrected chi connectivity index (χ2v) is 15.2. The number of aryl methyl sites for hydroxylation is 3. The molecule has 4 aromatic carbocycles. The molecule has 0 atom stereocenters. The Labute approximate surface area is 384 Å². The summed E-state index contributed by atoms with van der Waals surface area (Å²) in [6, 6.07) is 59.0. The molecule has 0 unspecified atom stereocenters. The molecule has 0 aliphatic heterocycles. The van der Waals surface area contributed by atoms with E-state index in [2.05, 4.69) is 109 Å². The first-order valence-corrected chi connectivity index (χ1v) is 21.9. The molecule has 0 saturated carbocycles. The van der Waals surface area contributed by atoms with Crippen LogP contribution in [0, 0.1) is 25.1 Å². The fourth-order valence-corrected chi connectivity index (χ4v) is 7.06. The molecule has 0 fully saturated rings. The van der Waals surface area contributed by atoms with Crippen molar-refractivity contribution in [2.75, 3.05) is 0 Å². The van der Waals surface area contributed by atoms with Gasteiger partial charge in [-0.25, -0.2) is 0 Å². The number of rotatable bonds is 15. The van der Waals surface area contributed by atoms with Crippen LogP contribution in [0.25, 0.3) is 56.2 Å². The minimum atomic E-state index is 0. The molecule has 314 valence electrons. The van der Waals surface area contributed by atoms with E-state index in [1.807, 2.05) is 103 Å². The third kappa shape index (κ3) is 14.9. The van der Waals surface area contributed by atoms with Crippen molar-refractivity contribution >= 4 is 0 Å². The van der Waals surface area contributed by atoms with Gasteiger partial charge in [-0.05, 0) is 89.8 Å². The van der Waals surface area contributed by atoms with Crippen LogP contribution in [0.2, 0.25) is 0 Å². The second kappa shape index (κ2) is 26.5. The van der Waals surface area contributed by atoms with Crippen LogP contribution in [-0.4, -0.2) is 19.9 Å². The van der Waals surface area contributed by atoms with E-state index < -0.39 is 0 Å². The summed E-state index contributed by atoms with van der Waals surface area (Å²) >= 11 is 0. The Balaban J connectivity index is 0.000000233. The molecule has 0 aliphatic rings. The van der Waals surface area contributed by atoms with Gasteiger partial charge in [0.1, 0.15) is 0 Å². The zero-order valence-electron chi connectivity index (χ0n) is 36.4. The minimum Gasteiger partial charge on any atom is -0.305 e. The van der Waals surface area contributed by atoms with Crippen LogP contribution in [0.5, 0.6) is 0 Å². The Bertz CT molecular complexity index is 2270. The molecule has 4 nitrogen and oxygen atoms in total.